The Bertz CT molecular complexity index is 570. The number of benzene rings is 1. The molecule has 102 valence electrons. The summed E-state index contributed by atoms with van der Waals surface area (Å²) in [4.78, 5) is 3.45. The van der Waals surface area contributed by atoms with Crippen molar-refractivity contribution in [2.45, 2.75) is 12.4 Å². The summed E-state index contributed by atoms with van der Waals surface area (Å²) in [5, 5.41) is 0. The van der Waals surface area contributed by atoms with Crippen molar-refractivity contribution in [3.8, 4) is 11.5 Å². The first-order valence-corrected chi connectivity index (χ1v) is 4.88. The molecule has 2 nitrogen and oxygen atoms in total. The monoisotopic (exact) mass is 281 g/mol. The summed E-state index contributed by atoms with van der Waals surface area (Å²) >= 11 is 0. The van der Waals surface area contributed by atoms with E-state index in [2.05, 4.69) is 9.40 Å². The Morgan fingerprint density at radius 2 is 1.63 bits per heavy atom. The van der Waals surface area contributed by atoms with Crippen molar-refractivity contribution in [1.82, 2.24) is 4.98 Å². The highest BCUT2D eigenvalue weighted by Crippen LogP contribution is 2.40. The van der Waals surface area contributed by atoms with Crippen LogP contribution in [0.15, 0.2) is 35.1 Å². The molecule has 1 heterocycles. The Kier molecular flexibility index (Phi) is 3.03. The summed E-state index contributed by atoms with van der Waals surface area (Å²) in [5.41, 5.74) is -3.18. The number of alkyl halides is 6. The molecule has 2 aromatic rings. The van der Waals surface area contributed by atoms with E-state index in [1.165, 1.54) is 0 Å². The standard InChI is InChI=1S/C11H5F6NO/c12-10(13,14)6-1-2-8(11(15,16)17)7(5-6)9-18-3-4-19-9/h1-5H. The normalized spacial score (nSPS) is 12.7. The second-order valence-electron chi connectivity index (χ2n) is 3.59. The third kappa shape index (κ3) is 2.72. The molecule has 8 heteroatoms. The molecular formula is C11H5F6NO. The minimum Gasteiger partial charge on any atom is -0.445 e. The van der Waals surface area contributed by atoms with Crippen LogP contribution in [-0.4, -0.2) is 4.98 Å². The van der Waals surface area contributed by atoms with Crippen molar-refractivity contribution in [3.63, 3.8) is 0 Å². The predicted octanol–water partition coefficient (Wildman–Crippen LogP) is 4.38. The molecule has 0 amide bonds. The third-order valence-corrected chi connectivity index (χ3v) is 2.32. The zero-order valence-corrected chi connectivity index (χ0v) is 9.01. The van der Waals surface area contributed by atoms with E-state index in [0.717, 1.165) is 12.5 Å². The molecule has 0 aliphatic rings. The fourth-order valence-electron chi connectivity index (χ4n) is 1.50. The molecular weight excluding hydrogens is 276 g/mol. The van der Waals surface area contributed by atoms with Crippen LogP contribution in [0.3, 0.4) is 0 Å². The lowest BCUT2D eigenvalue weighted by atomic mass is 10.0. The largest absolute Gasteiger partial charge is 0.445 e. The van der Waals surface area contributed by atoms with Gasteiger partial charge in [0, 0.05) is 5.56 Å². The molecule has 0 unspecified atom stereocenters. The molecule has 1 aromatic carbocycles. The molecule has 0 atom stereocenters. The molecule has 0 aliphatic heterocycles. The second kappa shape index (κ2) is 4.29. The third-order valence-electron chi connectivity index (χ3n) is 2.32. The number of hydrogen-bond acceptors (Lipinski definition) is 2. The van der Waals surface area contributed by atoms with Crippen molar-refractivity contribution in [1.29, 1.82) is 0 Å². The molecule has 0 N–H and O–H groups in total. The first-order valence-electron chi connectivity index (χ1n) is 4.88. The van der Waals surface area contributed by atoms with Gasteiger partial charge in [0.05, 0.1) is 17.3 Å². The summed E-state index contributed by atoms with van der Waals surface area (Å²) in [7, 11) is 0. The highest BCUT2D eigenvalue weighted by atomic mass is 19.4. The minimum atomic E-state index is -4.80. The number of hydrogen-bond donors (Lipinski definition) is 0. The molecule has 19 heavy (non-hydrogen) atoms. The summed E-state index contributed by atoms with van der Waals surface area (Å²) in [6.45, 7) is 0. The van der Waals surface area contributed by atoms with Crippen LogP contribution in [0.4, 0.5) is 26.3 Å². The summed E-state index contributed by atoms with van der Waals surface area (Å²) in [6.07, 6.45) is -7.51. The molecule has 0 bridgehead atoms. The lowest BCUT2D eigenvalue weighted by Crippen LogP contribution is -2.11. The van der Waals surface area contributed by atoms with E-state index >= 15 is 0 Å². The van der Waals surface area contributed by atoms with E-state index in [4.69, 9.17) is 0 Å². The van der Waals surface area contributed by atoms with Crippen LogP contribution < -0.4 is 0 Å². The smallest absolute Gasteiger partial charge is 0.417 e. The van der Waals surface area contributed by atoms with E-state index < -0.39 is 34.9 Å². The summed E-state index contributed by atoms with van der Waals surface area (Å²) in [5.74, 6) is -0.515. The van der Waals surface area contributed by atoms with Gasteiger partial charge in [-0.15, -0.1) is 0 Å². The maximum Gasteiger partial charge on any atom is 0.417 e. The topological polar surface area (TPSA) is 26.0 Å². The van der Waals surface area contributed by atoms with E-state index in [1.807, 2.05) is 0 Å². The Labute approximate surface area is 102 Å². The highest BCUT2D eigenvalue weighted by Gasteiger charge is 2.38. The van der Waals surface area contributed by atoms with Crippen LogP contribution in [0.25, 0.3) is 11.5 Å². The van der Waals surface area contributed by atoms with E-state index in [0.29, 0.717) is 18.2 Å². The van der Waals surface area contributed by atoms with Crippen LogP contribution in [0.2, 0.25) is 0 Å². The zero-order chi connectivity index (χ0) is 14.3. The quantitative estimate of drug-likeness (QED) is 0.725. The molecule has 0 aliphatic carbocycles. The van der Waals surface area contributed by atoms with Crippen LogP contribution >= 0.6 is 0 Å². The van der Waals surface area contributed by atoms with Gasteiger partial charge >= 0.3 is 12.4 Å². The Hall–Kier alpha value is -1.99. The first-order chi connectivity index (χ1) is 8.69. The second-order valence-corrected chi connectivity index (χ2v) is 3.59. The lowest BCUT2D eigenvalue weighted by molar-refractivity contribution is -0.141. The molecule has 0 saturated heterocycles. The average molecular weight is 281 g/mol. The Balaban J connectivity index is 2.65. The van der Waals surface area contributed by atoms with Crippen LogP contribution in [0, 0.1) is 0 Å². The number of nitrogens with zero attached hydrogens (tertiary/aromatic N) is 1. The van der Waals surface area contributed by atoms with Gasteiger partial charge in [-0.25, -0.2) is 4.98 Å². The maximum absolute atomic E-state index is 12.7. The molecule has 0 spiro atoms. The zero-order valence-electron chi connectivity index (χ0n) is 9.01. The Morgan fingerprint density at radius 3 is 2.11 bits per heavy atom. The summed E-state index contributed by atoms with van der Waals surface area (Å²) < 4.78 is 80.3. The van der Waals surface area contributed by atoms with Crippen LogP contribution in [0.5, 0.6) is 0 Å². The SMILES string of the molecule is FC(F)(F)c1ccc(C(F)(F)F)c(-c2ncco2)c1. The van der Waals surface area contributed by atoms with Gasteiger partial charge in [0.1, 0.15) is 6.26 Å². The van der Waals surface area contributed by atoms with Gasteiger partial charge in [0.15, 0.2) is 0 Å². The van der Waals surface area contributed by atoms with Gasteiger partial charge in [-0.3, -0.25) is 0 Å². The van der Waals surface area contributed by atoms with Gasteiger partial charge in [0.2, 0.25) is 5.89 Å². The first kappa shape index (κ1) is 13.4. The Morgan fingerprint density at radius 1 is 0.947 bits per heavy atom. The van der Waals surface area contributed by atoms with Gasteiger partial charge < -0.3 is 4.42 Å². The molecule has 0 saturated carbocycles. The van der Waals surface area contributed by atoms with E-state index in [9.17, 15) is 26.3 Å². The minimum absolute atomic E-state index is 0.363. The summed E-state index contributed by atoms with van der Waals surface area (Å²) in [6, 6.07) is 1.10. The molecule has 0 fully saturated rings. The van der Waals surface area contributed by atoms with Gasteiger partial charge in [-0.1, -0.05) is 0 Å². The van der Waals surface area contributed by atoms with Crippen molar-refractivity contribution in [2.24, 2.45) is 0 Å². The van der Waals surface area contributed by atoms with Crippen molar-refractivity contribution >= 4 is 0 Å². The van der Waals surface area contributed by atoms with Gasteiger partial charge in [-0.2, -0.15) is 26.3 Å². The van der Waals surface area contributed by atoms with Gasteiger partial charge in [-0.05, 0) is 18.2 Å². The van der Waals surface area contributed by atoms with Crippen molar-refractivity contribution in [3.05, 3.63) is 41.8 Å². The molecule has 2 rings (SSSR count). The molecule has 0 radical (unpaired) electrons. The van der Waals surface area contributed by atoms with Crippen molar-refractivity contribution < 1.29 is 30.8 Å². The van der Waals surface area contributed by atoms with E-state index in [1.54, 1.807) is 0 Å². The number of oxazole rings is 1. The van der Waals surface area contributed by atoms with Crippen LogP contribution in [0.1, 0.15) is 11.1 Å². The number of rotatable bonds is 1. The fourth-order valence-corrected chi connectivity index (χ4v) is 1.50. The van der Waals surface area contributed by atoms with E-state index in [-0.39, 0.29) is 0 Å². The highest BCUT2D eigenvalue weighted by molar-refractivity contribution is 5.61. The molecule has 1 aromatic heterocycles. The van der Waals surface area contributed by atoms with Crippen LogP contribution in [-0.2, 0) is 12.4 Å². The maximum atomic E-state index is 12.7. The predicted molar refractivity (Wildman–Crippen MR) is 51.9 cm³/mol. The fraction of sp³-hybridized carbons (Fsp3) is 0.182. The number of aromatic nitrogens is 1. The van der Waals surface area contributed by atoms with Gasteiger partial charge in [0.25, 0.3) is 0 Å². The number of halogens is 6. The average Bonchev–Trinajstić information content (AvgIpc) is 2.79. The lowest BCUT2D eigenvalue weighted by Gasteiger charge is -2.13. The van der Waals surface area contributed by atoms with Crippen molar-refractivity contribution in [2.75, 3.05) is 0 Å².